The number of amides is 1. The normalized spacial score (nSPS) is 19.0. The predicted octanol–water partition coefficient (Wildman–Crippen LogP) is 2.24. The van der Waals surface area contributed by atoms with Crippen LogP contribution in [-0.4, -0.2) is 44.1 Å². The lowest BCUT2D eigenvalue weighted by Crippen LogP contribution is -2.40. The zero-order valence-corrected chi connectivity index (χ0v) is 13.5. The van der Waals surface area contributed by atoms with Gasteiger partial charge in [-0.25, -0.2) is 0 Å². The lowest BCUT2D eigenvalue weighted by molar-refractivity contribution is -0.127. The van der Waals surface area contributed by atoms with Crippen LogP contribution in [0.3, 0.4) is 0 Å². The monoisotopic (exact) mass is 311 g/mol. The summed E-state index contributed by atoms with van der Waals surface area (Å²) < 4.78 is 1.52. The van der Waals surface area contributed by atoms with Gasteiger partial charge in [0.1, 0.15) is 5.70 Å². The maximum atomic E-state index is 13.0. The van der Waals surface area contributed by atoms with Crippen molar-refractivity contribution in [3.63, 3.8) is 0 Å². The molecule has 1 fully saturated rings. The van der Waals surface area contributed by atoms with Gasteiger partial charge in [0.2, 0.25) is 0 Å². The number of hydrogen-bond acceptors (Lipinski definition) is 4. The fourth-order valence-electron chi connectivity index (χ4n) is 2.91. The van der Waals surface area contributed by atoms with Gasteiger partial charge in [-0.1, -0.05) is 37.3 Å². The number of tetrazole rings is 1. The Labute approximate surface area is 135 Å². The molecule has 2 heterocycles. The fourth-order valence-corrected chi connectivity index (χ4v) is 2.91. The largest absolute Gasteiger partial charge is 0.337 e. The molecule has 0 aliphatic carbocycles. The third-order valence-corrected chi connectivity index (χ3v) is 4.12. The van der Waals surface area contributed by atoms with Gasteiger partial charge in [0.05, 0.1) is 0 Å². The van der Waals surface area contributed by atoms with E-state index in [2.05, 4.69) is 22.4 Å². The summed E-state index contributed by atoms with van der Waals surface area (Å²) in [6.45, 7) is 5.55. The number of hydrogen-bond donors (Lipinski definition) is 0. The van der Waals surface area contributed by atoms with E-state index in [1.807, 2.05) is 41.3 Å². The Balaban J connectivity index is 1.97. The summed E-state index contributed by atoms with van der Waals surface area (Å²) in [4.78, 5) is 14.9. The second kappa shape index (κ2) is 6.73. The molecule has 0 unspecified atom stereocenters. The van der Waals surface area contributed by atoms with Gasteiger partial charge < -0.3 is 4.90 Å². The molecule has 1 saturated heterocycles. The van der Waals surface area contributed by atoms with Crippen LogP contribution in [0.2, 0.25) is 0 Å². The van der Waals surface area contributed by atoms with Gasteiger partial charge in [-0.2, -0.15) is 4.68 Å². The number of carbonyl (C=O) groups is 1. The van der Waals surface area contributed by atoms with E-state index in [-0.39, 0.29) is 5.91 Å². The molecular weight excluding hydrogens is 290 g/mol. The molecule has 120 valence electrons. The van der Waals surface area contributed by atoms with Crippen LogP contribution in [-0.2, 0) is 4.79 Å². The third kappa shape index (κ3) is 3.47. The standard InChI is InChI=1S/C17H21N5O/c1-13-7-6-10-21(12-13)17(23)16(22-14(2)18-19-20-22)11-15-8-4-3-5-9-15/h3-5,8-9,11,13H,6-7,10,12H2,1-2H3/b16-11-/t13-/m0/s1. The number of rotatable bonds is 3. The highest BCUT2D eigenvalue weighted by molar-refractivity contribution is 6.18. The number of aryl methyl sites for hydroxylation is 1. The van der Waals surface area contributed by atoms with E-state index < -0.39 is 0 Å². The van der Waals surface area contributed by atoms with Crippen molar-refractivity contribution in [2.24, 2.45) is 5.92 Å². The van der Waals surface area contributed by atoms with Crippen molar-refractivity contribution >= 4 is 17.7 Å². The molecule has 1 aliphatic heterocycles. The Morgan fingerprint density at radius 1 is 1.30 bits per heavy atom. The highest BCUT2D eigenvalue weighted by Crippen LogP contribution is 2.20. The van der Waals surface area contributed by atoms with E-state index in [4.69, 9.17) is 0 Å². The van der Waals surface area contributed by atoms with Gasteiger partial charge in [-0.3, -0.25) is 4.79 Å². The van der Waals surface area contributed by atoms with E-state index in [9.17, 15) is 4.79 Å². The van der Waals surface area contributed by atoms with Crippen molar-refractivity contribution in [2.75, 3.05) is 13.1 Å². The highest BCUT2D eigenvalue weighted by Gasteiger charge is 2.26. The minimum absolute atomic E-state index is 0.0178. The van der Waals surface area contributed by atoms with Gasteiger partial charge in [0.15, 0.2) is 5.82 Å². The quantitative estimate of drug-likeness (QED) is 0.816. The first-order valence-electron chi connectivity index (χ1n) is 7.96. The molecule has 1 amide bonds. The molecule has 0 saturated carbocycles. The number of carbonyl (C=O) groups excluding carboxylic acids is 1. The fraction of sp³-hybridized carbons (Fsp3) is 0.412. The minimum Gasteiger partial charge on any atom is -0.337 e. The van der Waals surface area contributed by atoms with E-state index in [1.165, 1.54) is 11.1 Å². The first kappa shape index (κ1) is 15.4. The molecule has 0 bridgehead atoms. The molecule has 6 heteroatoms. The SMILES string of the molecule is Cc1nnnn1/C(=C\c1ccccc1)C(=O)N1CCC[C@H](C)C1. The number of nitrogens with zero attached hydrogens (tertiary/aromatic N) is 5. The molecule has 0 spiro atoms. The molecule has 1 atom stereocenters. The molecule has 2 aromatic rings. The van der Waals surface area contributed by atoms with Crippen molar-refractivity contribution in [3.8, 4) is 0 Å². The van der Waals surface area contributed by atoms with Crippen molar-refractivity contribution < 1.29 is 4.79 Å². The molecule has 1 aromatic carbocycles. The van der Waals surface area contributed by atoms with E-state index in [0.717, 1.165) is 25.1 Å². The minimum atomic E-state index is -0.0178. The van der Waals surface area contributed by atoms with Gasteiger partial charge in [-0.05, 0) is 47.7 Å². The van der Waals surface area contributed by atoms with Crippen LogP contribution in [0.1, 0.15) is 31.2 Å². The van der Waals surface area contributed by atoms with E-state index in [1.54, 1.807) is 6.92 Å². The molecule has 0 N–H and O–H groups in total. The van der Waals surface area contributed by atoms with Crippen LogP contribution in [0.4, 0.5) is 0 Å². The predicted molar refractivity (Wildman–Crippen MR) is 88.1 cm³/mol. The summed E-state index contributed by atoms with van der Waals surface area (Å²) in [5, 5.41) is 11.6. The summed E-state index contributed by atoms with van der Waals surface area (Å²) in [5.41, 5.74) is 1.45. The lowest BCUT2D eigenvalue weighted by atomic mass is 10.00. The highest BCUT2D eigenvalue weighted by atomic mass is 16.2. The van der Waals surface area contributed by atoms with Crippen molar-refractivity contribution in [1.29, 1.82) is 0 Å². The van der Waals surface area contributed by atoms with Crippen LogP contribution in [0, 0.1) is 12.8 Å². The van der Waals surface area contributed by atoms with Gasteiger partial charge in [-0.15, -0.1) is 5.10 Å². The van der Waals surface area contributed by atoms with Crippen molar-refractivity contribution in [3.05, 3.63) is 41.7 Å². The third-order valence-electron chi connectivity index (χ3n) is 4.12. The summed E-state index contributed by atoms with van der Waals surface area (Å²) >= 11 is 0. The van der Waals surface area contributed by atoms with Gasteiger partial charge in [0, 0.05) is 13.1 Å². The number of aromatic nitrogens is 4. The average molecular weight is 311 g/mol. The Bertz CT molecular complexity index is 707. The van der Waals surface area contributed by atoms with Gasteiger partial charge in [0.25, 0.3) is 5.91 Å². The van der Waals surface area contributed by atoms with Crippen LogP contribution >= 0.6 is 0 Å². The molecule has 3 rings (SSSR count). The maximum Gasteiger partial charge on any atom is 0.272 e. The molecule has 0 radical (unpaired) electrons. The van der Waals surface area contributed by atoms with Crippen molar-refractivity contribution in [1.82, 2.24) is 25.1 Å². The Morgan fingerprint density at radius 2 is 2.09 bits per heavy atom. The first-order valence-corrected chi connectivity index (χ1v) is 7.96. The van der Waals surface area contributed by atoms with Crippen LogP contribution in [0.15, 0.2) is 30.3 Å². The second-order valence-electron chi connectivity index (χ2n) is 6.08. The second-order valence-corrected chi connectivity index (χ2v) is 6.08. The maximum absolute atomic E-state index is 13.0. The Hall–Kier alpha value is -2.50. The molecular formula is C17H21N5O. The smallest absolute Gasteiger partial charge is 0.272 e. The van der Waals surface area contributed by atoms with Crippen LogP contribution in [0.25, 0.3) is 11.8 Å². The number of likely N-dealkylation sites (tertiary alicyclic amines) is 1. The lowest BCUT2D eigenvalue weighted by Gasteiger charge is -2.31. The summed E-state index contributed by atoms with van der Waals surface area (Å²) in [5.74, 6) is 1.11. The molecule has 6 nitrogen and oxygen atoms in total. The van der Waals surface area contributed by atoms with E-state index >= 15 is 0 Å². The summed E-state index contributed by atoms with van der Waals surface area (Å²) in [6.07, 6.45) is 4.07. The summed E-state index contributed by atoms with van der Waals surface area (Å²) in [6, 6.07) is 9.78. The van der Waals surface area contributed by atoms with Crippen LogP contribution in [0.5, 0.6) is 0 Å². The van der Waals surface area contributed by atoms with Gasteiger partial charge >= 0.3 is 0 Å². The van der Waals surface area contributed by atoms with Crippen molar-refractivity contribution in [2.45, 2.75) is 26.7 Å². The molecule has 1 aromatic heterocycles. The molecule has 1 aliphatic rings. The zero-order chi connectivity index (χ0) is 16.2. The molecule has 23 heavy (non-hydrogen) atoms. The Kier molecular flexibility index (Phi) is 4.50. The first-order chi connectivity index (χ1) is 11.1. The van der Waals surface area contributed by atoms with Crippen LogP contribution < -0.4 is 0 Å². The average Bonchev–Trinajstić information content (AvgIpc) is 2.99. The zero-order valence-electron chi connectivity index (χ0n) is 13.5. The topological polar surface area (TPSA) is 63.9 Å². The van der Waals surface area contributed by atoms with E-state index in [0.29, 0.717) is 17.4 Å². The Morgan fingerprint density at radius 3 is 2.74 bits per heavy atom. The number of benzene rings is 1. The number of piperidine rings is 1. The summed E-state index contributed by atoms with van der Waals surface area (Å²) in [7, 11) is 0.